The zero-order chi connectivity index (χ0) is 11.0. The lowest BCUT2D eigenvalue weighted by atomic mass is 10.1. The molecule has 0 aromatic heterocycles. The summed E-state index contributed by atoms with van der Waals surface area (Å²) in [5.41, 5.74) is 1.65. The highest BCUT2D eigenvalue weighted by Crippen LogP contribution is 2.29. The molecule has 0 spiro atoms. The van der Waals surface area contributed by atoms with Gasteiger partial charge in [-0.25, -0.2) is 4.58 Å². The quantitative estimate of drug-likeness (QED) is 0.396. The van der Waals surface area contributed by atoms with Crippen molar-refractivity contribution in [2.24, 2.45) is 0 Å². The molecule has 5 nitrogen and oxygen atoms in total. The van der Waals surface area contributed by atoms with Crippen LogP contribution in [0.15, 0.2) is 12.1 Å². The lowest BCUT2D eigenvalue weighted by Crippen LogP contribution is -2.21. The Morgan fingerprint density at radius 2 is 2.27 bits per heavy atom. The van der Waals surface area contributed by atoms with E-state index < -0.39 is 4.92 Å². The second kappa shape index (κ2) is 3.34. The monoisotopic (exact) mass is 207 g/mol. The first-order chi connectivity index (χ1) is 7.08. The van der Waals surface area contributed by atoms with Crippen molar-refractivity contribution in [2.45, 2.75) is 6.92 Å². The number of aryl methyl sites for hydroxylation is 1. The fourth-order valence-corrected chi connectivity index (χ4v) is 1.62. The third kappa shape index (κ3) is 1.68. The van der Waals surface area contributed by atoms with Crippen molar-refractivity contribution >= 4 is 11.9 Å². The van der Waals surface area contributed by atoms with Crippen LogP contribution in [0.3, 0.4) is 0 Å². The Morgan fingerprint density at radius 3 is 2.93 bits per heavy atom. The Labute approximate surface area is 86.8 Å². The highest BCUT2D eigenvalue weighted by Gasteiger charge is 2.20. The molecule has 0 amide bonds. The molecule has 1 aromatic carbocycles. The van der Waals surface area contributed by atoms with Crippen molar-refractivity contribution in [3.8, 4) is 5.75 Å². The van der Waals surface area contributed by atoms with Gasteiger partial charge in [0.05, 0.1) is 10.5 Å². The van der Waals surface area contributed by atoms with Gasteiger partial charge in [-0.3, -0.25) is 10.1 Å². The average molecular weight is 207 g/mol. The zero-order valence-electron chi connectivity index (χ0n) is 8.56. The molecular weight excluding hydrogens is 196 g/mol. The Balaban J connectivity index is 2.60. The highest BCUT2D eigenvalue weighted by atomic mass is 16.6. The maximum atomic E-state index is 10.7. The Hall–Kier alpha value is -1.91. The molecule has 0 fully saturated rings. The normalized spacial score (nSPS) is 13.9. The van der Waals surface area contributed by atoms with Crippen LogP contribution in [0.1, 0.15) is 11.1 Å². The highest BCUT2D eigenvalue weighted by molar-refractivity contribution is 5.83. The molecule has 0 bridgehead atoms. The van der Waals surface area contributed by atoms with Gasteiger partial charge in [0.15, 0.2) is 6.21 Å². The van der Waals surface area contributed by atoms with Gasteiger partial charge in [-0.2, -0.15) is 0 Å². The van der Waals surface area contributed by atoms with Gasteiger partial charge in [-0.1, -0.05) is 0 Å². The third-order valence-corrected chi connectivity index (χ3v) is 2.27. The van der Waals surface area contributed by atoms with Gasteiger partial charge in [-0.05, 0) is 12.5 Å². The number of benzene rings is 1. The number of rotatable bonds is 1. The topological polar surface area (TPSA) is 55.4 Å². The van der Waals surface area contributed by atoms with Crippen LogP contribution >= 0.6 is 0 Å². The summed E-state index contributed by atoms with van der Waals surface area (Å²) in [5, 5.41) is 10.7. The molecule has 1 aromatic rings. The van der Waals surface area contributed by atoms with E-state index in [0.717, 1.165) is 16.9 Å². The van der Waals surface area contributed by atoms with Crippen LogP contribution in [0.2, 0.25) is 0 Å². The van der Waals surface area contributed by atoms with Gasteiger partial charge in [0.2, 0.25) is 0 Å². The van der Waals surface area contributed by atoms with Crippen molar-refractivity contribution in [3.63, 3.8) is 0 Å². The Kier molecular flexibility index (Phi) is 2.15. The molecule has 0 saturated heterocycles. The molecule has 0 radical (unpaired) electrons. The van der Waals surface area contributed by atoms with Crippen LogP contribution in [-0.4, -0.2) is 29.5 Å². The SMILES string of the molecule is Cc1cc([N+](=O)[O-])cc2c1OC[N+](C)=C2. The first-order valence-corrected chi connectivity index (χ1v) is 4.55. The summed E-state index contributed by atoms with van der Waals surface area (Å²) in [6, 6.07) is 3.05. The molecule has 1 aliphatic heterocycles. The van der Waals surface area contributed by atoms with Crippen LogP contribution < -0.4 is 4.74 Å². The molecule has 0 aliphatic carbocycles. The number of fused-ring (bicyclic) bond motifs is 1. The first-order valence-electron chi connectivity index (χ1n) is 4.55. The number of nitro benzene ring substituents is 1. The summed E-state index contributed by atoms with van der Waals surface area (Å²) in [4.78, 5) is 10.3. The minimum atomic E-state index is -0.393. The fraction of sp³-hybridized carbons (Fsp3) is 0.300. The summed E-state index contributed by atoms with van der Waals surface area (Å²) in [7, 11) is 1.86. The van der Waals surface area contributed by atoms with Gasteiger partial charge < -0.3 is 4.74 Å². The van der Waals surface area contributed by atoms with Gasteiger partial charge >= 0.3 is 0 Å². The van der Waals surface area contributed by atoms with Crippen molar-refractivity contribution in [1.29, 1.82) is 0 Å². The third-order valence-electron chi connectivity index (χ3n) is 2.27. The summed E-state index contributed by atoms with van der Waals surface area (Å²) in [5.74, 6) is 0.735. The van der Waals surface area contributed by atoms with E-state index in [0.29, 0.717) is 6.73 Å². The van der Waals surface area contributed by atoms with Crippen molar-refractivity contribution in [2.75, 3.05) is 13.8 Å². The maximum Gasteiger partial charge on any atom is 0.286 e. The standard InChI is InChI=1S/C10H11N2O3/c1-7-3-9(12(13)14)4-8-5-11(2)6-15-10(7)8/h3-5H,6H2,1-2H3/q+1. The largest absolute Gasteiger partial charge is 0.435 e. The van der Waals surface area contributed by atoms with Crippen molar-refractivity contribution < 1.29 is 14.2 Å². The van der Waals surface area contributed by atoms with Crippen molar-refractivity contribution in [1.82, 2.24) is 0 Å². The van der Waals surface area contributed by atoms with Crippen LogP contribution in [0.25, 0.3) is 0 Å². The van der Waals surface area contributed by atoms with Crippen LogP contribution in [0, 0.1) is 17.0 Å². The van der Waals surface area contributed by atoms with Crippen molar-refractivity contribution in [3.05, 3.63) is 33.4 Å². The molecule has 0 N–H and O–H groups in total. The van der Waals surface area contributed by atoms with E-state index in [9.17, 15) is 10.1 Å². The van der Waals surface area contributed by atoms with Crippen LogP contribution in [0.5, 0.6) is 5.75 Å². The number of nitrogens with zero attached hydrogens (tertiary/aromatic N) is 2. The average Bonchev–Trinajstić information content (AvgIpc) is 2.16. The van der Waals surface area contributed by atoms with Gasteiger partial charge in [0.1, 0.15) is 12.8 Å². The predicted octanol–water partition coefficient (Wildman–Crippen LogP) is 1.31. The summed E-state index contributed by atoms with van der Waals surface area (Å²) < 4.78 is 7.31. The number of hydrogen-bond donors (Lipinski definition) is 0. The molecule has 0 atom stereocenters. The molecule has 5 heteroatoms. The van der Waals surface area contributed by atoms with E-state index in [1.807, 2.05) is 24.8 Å². The minimum absolute atomic E-state index is 0.0985. The number of non-ortho nitro benzene ring substituents is 1. The van der Waals surface area contributed by atoms with Gasteiger partial charge in [-0.15, -0.1) is 0 Å². The molecule has 0 saturated carbocycles. The summed E-state index contributed by atoms with van der Waals surface area (Å²) >= 11 is 0. The van der Waals surface area contributed by atoms with E-state index in [1.54, 1.807) is 0 Å². The molecule has 78 valence electrons. The zero-order valence-corrected chi connectivity index (χ0v) is 8.56. The fourth-order valence-electron chi connectivity index (χ4n) is 1.62. The molecule has 1 aliphatic rings. The van der Waals surface area contributed by atoms with E-state index in [1.165, 1.54) is 12.1 Å². The molecule has 0 unspecified atom stereocenters. The van der Waals surface area contributed by atoms with E-state index in [-0.39, 0.29) is 5.69 Å². The Morgan fingerprint density at radius 1 is 1.53 bits per heavy atom. The molecular formula is C10H11N2O3+. The number of nitro groups is 1. The summed E-state index contributed by atoms with van der Waals surface area (Å²) in [6.45, 7) is 2.29. The lowest BCUT2D eigenvalue weighted by Gasteiger charge is -2.13. The number of ether oxygens (including phenoxy) is 1. The van der Waals surface area contributed by atoms with Crippen LogP contribution in [0.4, 0.5) is 5.69 Å². The molecule has 2 rings (SSSR count). The second-order valence-corrected chi connectivity index (χ2v) is 3.60. The first kappa shape index (κ1) is 9.64. The second-order valence-electron chi connectivity index (χ2n) is 3.60. The minimum Gasteiger partial charge on any atom is -0.435 e. The molecule has 1 heterocycles. The van der Waals surface area contributed by atoms with E-state index in [2.05, 4.69) is 0 Å². The smallest absolute Gasteiger partial charge is 0.286 e. The van der Waals surface area contributed by atoms with E-state index in [4.69, 9.17) is 4.74 Å². The van der Waals surface area contributed by atoms with Gasteiger partial charge in [0, 0.05) is 12.1 Å². The van der Waals surface area contributed by atoms with E-state index >= 15 is 0 Å². The predicted molar refractivity (Wildman–Crippen MR) is 54.7 cm³/mol. The lowest BCUT2D eigenvalue weighted by molar-refractivity contribution is -0.528. The number of hydrogen-bond acceptors (Lipinski definition) is 3. The molecule has 15 heavy (non-hydrogen) atoms. The van der Waals surface area contributed by atoms with Gasteiger partial charge in [0.25, 0.3) is 12.4 Å². The van der Waals surface area contributed by atoms with Crippen LogP contribution in [-0.2, 0) is 0 Å². The maximum absolute atomic E-state index is 10.7. The Bertz CT molecular complexity index is 466. The summed E-state index contributed by atoms with van der Waals surface area (Å²) in [6.07, 6.45) is 1.85.